The summed E-state index contributed by atoms with van der Waals surface area (Å²) in [6, 6.07) is 2.93. The van der Waals surface area contributed by atoms with Crippen LogP contribution >= 0.6 is 11.6 Å². The molecular weight excluding hydrogens is 276 g/mol. The summed E-state index contributed by atoms with van der Waals surface area (Å²) in [7, 11) is -3.63. The van der Waals surface area contributed by atoms with E-state index >= 15 is 0 Å². The van der Waals surface area contributed by atoms with Crippen molar-refractivity contribution in [3.05, 3.63) is 41.7 Å². The summed E-state index contributed by atoms with van der Waals surface area (Å²) in [6.07, 6.45) is 5.21. The van der Waals surface area contributed by atoms with Crippen LogP contribution in [-0.2, 0) is 16.4 Å². The molecule has 2 heterocycles. The van der Waals surface area contributed by atoms with Gasteiger partial charge in [0, 0.05) is 31.6 Å². The Balaban J connectivity index is 2.02. The van der Waals surface area contributed by atoms with E-state index in [9.17, 15) is 8.42 Å². The molecular formula is C10H11ClN4O2S. The minimum atomic E-state index is -3.63. The van der Waals surface area contributed by atoms with Gasteiger partial charge in [0.05, 0.1) is 0 Å². The largest absolute Gasteiger partial charge is 0.349 e. The van der Waals surface area contributed by atoms with Crippen molar-refractivity contribution >= 4 is 21.6 Å². The Labute approximate surface area is 109 Å². The van der Waals surface area contributed by atoms with Crippen LogP contribution < -0.4 is 4.72 Å². The molecule has 0 fully saturated rings. The topological polar surface area (TPSA) is 87.7 Å². The average Bonchev–Trinajstić information content (AvgIpc) is 2.82. The third-order valence-corrected chi connectivity index (χ3v) is 4.13. The molecule has 18 heavy (non-hydrogen) atoms. The molecule has 0 saturated heterocycles. The highest BCUT2D eigenvalue weighted by molar-refractivity contribution is 7.89. The number of rotatable bonds is 5. The number of nitrogens with one attached hydrogen (secondary N) is 2. The summed E-state index contributed by atoms with van der Waals surface area (Å²) >= 11 is 5.74. The highest BCUT2D eigenvalue weighted by atomic mass is 35.5. The number of imidazole rings is 1. The molecule has 0 unspecified atom stereocenters. The lowest BCUT2D eigenvalue weighted by Gasteiger charge is -2.06. The van der Waals surface area contributed by atoms with Crippen molar-refractivity contribution in [2.45, 2.75) is 11.3 Å². The van der Waals surface area contributed by atoms with E-state index in [1.807, 2.05) is 0 Å². The highest BCUT2D eigenvalue weighted by Crippen LogP contribution is 2.17. The van der Waals surface area contributed by atoms with Crippen molar-refractivity contribution in [1.29, 1.82) is 0 Å². The van der Waals surface area contributed by atoms with Crippen LogP contribution in [0.5, 0.6) is 0 Å². The SMILES string of the molecule is O=S(=O)(NCCc1ncc[nH]1)c1cccnc1Cl. The van der Waals surface area contributed by atoms with Crippen molar-refractivity contribution in [3.63, 3.8) is 0 Å². The van der Waals surface area contributed by atoms with Gasteiger partial charge >= 0.3 is 0 Å². The molecule has 6 nitrogen and oxygen atoms in total. The second-order valence-electron chi connectivity index (χ2n) is 3.48. The van der Waals surface area contributed by atoms with Gasteiger partial charge in [-0.25, -0.2) is 23.1 Å². The number of pyridine rings is 1. The maximum Gasteiger partial charge on any atom is 0.243 e. The number of aromatic nitrogens is 3. The van der Waals surface area contributed by atoms with E-state index in [4.69, 9.17) is 11.6 Å². The summed E-state index contributed by atoms with van der Waals surface area (Å²) in [5.41, 5.74) is 0. The van der Waals surface area contributed by atoms with Crippen LogP contribution in [-0.4, -0.2) is 29.9 Å². The number of aromatic amines is 1. The summed E-state index contributed by atoms with van der Waals surface area (Å²) in [4.78, 5) is 10.6. The summed E-state index contributed by atoms with van der Waals surface area (Å²) < 4.78 is 26.3. The lowest BCUT2D eigenvalue weighted by molar-refractivity contribution is 0.580. The molecule has 8 heteroatoms. The molecule has 0 spiro atoms. The first-order chi connectivity index (χ1) is 8.59. The number of H-pyrrole nitrogens is 1. The van der Waals surface area contributed by atoms with Crippen LogP contribution in [0.4, 0.5) is 0 Å². The molecule has 0 aliphatic carbocycles. The highest BCUT2D eigenvalue weighted by Gasteiger charge is 2.17. The van der Waals surface area contributed by atoms with Gasteiger partial charge in [-0.05, 0) is 12.1 Å². The van der Waals surface area contributed by atoms with E-state index in [0.29, 0.717) is 6.42 Å². The van der Waals surface area contributed by atoms with Crippen LogP contribution in [0, 0.1) is 0 Å². The van der Waals surface area contributed by atoms with E-state index in [-0.39, 0.29) is 16.6 Å². The molecule has 2 aromatic rings. The standard InChI is InChI=1S/C10H11ClN4O2S/c11-10-8(2-1-4-14-10)18(16,17)15-5-3-9-12-6-7-13-9/h1-2,4,6-7,15H,3,5H2,(H,12,13). The van der Waals surface area contributed by atoms with E-state index in [1.54, 1.807) is 12.4 Å². The smallest absolute Gasteiger partial charge is 0.243 e. The molecule has 0 aliphatic rings. The zero-order valence-electron chi connectivity index (χ0n) is 9.30. The lowest BCUT2D eigenvalue weighted by atomic mass is 10.4. The third kappa shape index (κ3) is 3.06. The van der Waals surface area contributed by atoms with Crippen LogP contribution in [0.25, 0.3) is 0 Å². The Bertz CT molecular complexity index is 613. The van der Waals surface area contributed by atoms with Crippen molar-refractivity contribution in [1.82, 2.24) is 19.7 Å². The Hall–Kier alpha value is -1.44. The first kappa shape index (κ1) is 13.0. The molecule has 2 N–H and O–H groups in total. The predicted molar refractivity (Wildman–Crippen MR) is 66.7 cm³/mol. The molecule has 0 aromatic carbocycles. The molecule has 0 radical (unpaired) electrons. The number of nitrogens with zero attached hydrogens (tertiary/aromatic N) is 2. The van der Waals surface area contributed by atoms with Gasteiger partial charge in [-0.15, -0.1) is 0 Å². The molecule has 2 aromatic heterocycles. The van der Waals surface area contributed by atoms with Crippen LogP contribution in [0.1, 0.15) is 5.82 Å². The quantitative estimate of drug-likeness (QED) is 0.802. The Morgan fingerprint density at radius 2 is 2.17 bits per heavy atom. The third-order valence-electron chi connectivity index (χ3n) is 2.22. The van der Waals surface area contributed by atoms with Gasteiger partial charge in [0.2, 0.25) is 10.0 Å². The number of hydrogen-bond donors (Lipinski definition) is 2. The first-order valence-electron chi connectivity index (χ1n) is 5.18. The van der Waals surface area contributed by atoms with Crippen LogP contribution in [0.3, 0.4) is 0 Å². The van der Waals surface area contributed by atoms with Gasteiger partial charge in [0.25, 0.3) is 0 Å². The fraction of sp³-hybridized carbons (Fsp3) is 0.200. The molecule has 2 rings (SSSR count). The van der Waals surface area contributed by atoms with E-state index in [0.717, 1.165) is 5.82 Å². The molecule has 0 amide bonds. The maximum absolute atomic E-state index is 11.9. The van der Waals surface area contributed by atoms with E-state index in [1.165, 1.54) is 18.3 Å². The maximum atomic E-state index is 11.9. The molecule has 0 saturated carbocycles. The number of halogens is 1. The van der Waals surface area contributed by atoms with Gasteiger partial charge in [-0.2, -0.15) is 0 Å². The molecule has 0 bridgehead atoms. The number of sulfonamides is 1. The number of hydrogen-bond acceptors (Lipinski definition) is 4. The molecule has 0 aliphatic heterocycles. The van der Waals surface area contributed by atoms with Crippen molar-refractivity contribution < 1.29 is 8.42 Å². The van der Waals surface area contributed by atoms with Gasteiger partial charge in [0.1, 0.15) is 15.9 Å². The molecule has 96 valence electrons. The van der Waals surface area contributed by atoms with Gasteiger partial charge in [-0.1, -0.05) is 11.6 Å². The fourth-order valence-corrected chi connectivity index (χ4v) is 2.87. The van der Waals surface area contributed by atoms with Crippen molar-refractivity contribution in [2.24, 2.45) is 0 Å². The van der Waals surface area contributed by atoms with Crippen molar-refractivity contribution in [3.8, 4) is 0 Å². The summed E-state index contributed by atoms with van der Waals surface area (Å²) in [6.45, 7) is 0.237. The Kier molecular flexibility index (Phi) is 3.95. The minimum Gasteiger partial charge on any atom is -0.349 e. The fourth-order valence-electron chi connectivity index (χ4n) is 1.39. The van der Waals surface area contributed by atoms with Crippen LogP contribution in [0.15, 0.2) is 35.6 Å². The van der Waals surface area contributed by atoms with E-state index < -0.39 is 10.0 Å². The van der Waals surface area contributed by atoms with Gasteiger partial charge in [-0.3, -0.25) is 0 Å². The second-order valence-corrected chi connectivity index (χ2v) is 5.57. The Morgan fingerprint density at radius 3 is 2.83 bits per heavy atom. The minimum absolute atomic E-state index is 0.0221. The zero-order valence-corrected chi connectivity index (χ0v) is 10.9. The van der Waals surface area contributed by atoms with Crippen molar-refractivity contribution in [2.75, 3.05) is 6.54 Å². The summed E-state index contributed by atoms with van der Waals surface area (Å²) in [5.74, 6) is 0.718. The second kappa shape index (κ2) is 5.47. The first-order valence-corrected chi connectivity index (χ1v) is 7.04. The van der Waals surface area contributed by atoms with E-state index in [2.05, 4.69) is 19.7 Å². The molecule has 0 atom stereocenters. The van der Waals surface area contributed by atoms with Gasteiger partial charge < -0.3 is 4.98 Å². The monoisotopic (exact) mass is 286 g/mol. The Morgan fingerprint density at radius 1 is 1.33 bits per heavy atom. The normalized spacial score (nSPS) is 11.6. The zero-order chi connectivity index (χ0) is 13.0. The van der Waals surface area contributed by atoms with Gasteiger partial charge in [0.15, 0.2) is 0 Å². The average molecular weight is 287 g/mol. The lowest BCUT2D eigenvalue weighted by Crippen LogP contribution is -2.26. The van der Waals surface area contributed by atoms with Crippen LogP contribution in [0.2, 0.25) is 5.15 Å². The predicted octanol–water partition coefficient (Wildman–Crippen LogP) is 0.979. The summed E-state index contributed by atoms with van der Waals surface area (Å²) in [5, 5.41) is -0.0389.